The van der Waals surface area contributed by atoms with E-state index in [0.717, 1.165) is 16.8 Å². The largest absolute Gasteiger partial charge is 0.368 e. The van der Waals surface area contributed by atoms with E-state index in [1.807, 2.05) is 32.9 Å². The summed E-state index contributed by atoms with van der Waals surface area (Å²) < 4.78 is 0. The van der Waals surface area contributed by atoms with Gasteiger partial charge in [0.2, 0.25) is 5.91 Å². The van der Waals surface area contributed by atoms with Crippen LogP contribution in [0.25, 0.3) is 0 Å². The molecule has 0 saturated carbocycles. The molecule has 23 heavy (non-hydrogen) atoms. The van der Waals surface area contributed by atoms with Crippen LogP contribution >= 0.6 is 0 Å². The van der Waals surface area contributed by atoms with Crippen molar-refractivity contribution in [2.24, 2.45) is 0 Å². The summed E-state index contributed by atoms with van der Waals surface area (Å²) in [6.07, 6.45) is 1.96. The minimum absolute atomic E-state index is 0.142. The number of rotatable bonds is 5. The lowest BCUT2D eigenvalue weighted by atomic mass is 10.1. The Morgan fingerprint density at radius 2 is 2.09 bits per heavy atom. The lowest BCUT2D eigenvalue weighted by Crippen LogP contribution is -2.17. The topological polar surface area (TPSA) is 90.7 Å². The van der Waals surface area contributed by atoms with Gasteiger partial charge in [-0.15, -0.1) is 0 Å². The second-order valence-corrected chi connectivity index (χ2v) is 5.36. The quantitative estimate of drug-likeness (QED) is 0.886. The molecule has 0 fully saturated rings. The second-order valence-electron chi connectivity index (χ2n) is 5.36. The fraction of sp³-hybridized carbons (Fsp3) is 0.294. The Morgan fingerprint density at radius 1 is 1.30 bits per heavy atom. The van der Waals surface area contributed by atoms with Gasteiger partial charge in [-0.3, -0.25) is 4.79 Å². The predicted molar refractivity (Wildman–Crippen MR) is 89.1 cm³/mol. The van der Waals surface area contributed by atoms with Gasteiger partial charge in [-0.1, -0.05) is 6.07 Å². The second kappa shape index (κ2) is 7.36. The maximum atomic E-state index is 11.9. The van der Waals surface area contributed by atoms with Gasteiger partial charge in [0.25, 0.3) is 0 Å². The third-order valence-corrected chi connectivity index (χ3v) is 3.28. The third kappa shape index (κ3) is 4.51. The first-order chi connectivity index (χ1) is 11.0. The van der Waals surface area contributed by atoms with Crippen LogP contribution in [0, 0.1) is 32.1 Å². The van der Waals surface area contributed by atoms with E-state index in [4.69, 9.17) is 0 Å². The van der Waals surface area contributed by atoms with Crippen molar-refractivity contribution in [2.45, 2.75) is 27.2 Å². The van der Waals surface area contributed by atoms with E-state index in [9.17, 15) is 10.1 Å². The molecule has 2 rings (SSSR count). The fourth-order valence-electron chi connectivity index (χ4n) is 2.15. The molecule has 0 atom stereocenters. The summed E-state index contributed by atoms with van der Waals surface area (Å²) in [6, 6.07) is 7.65. The summed E-state index contributed by atoms with van der Waals surface area (Å²) in [4.78, 5) is 20.3. The number of amides is 1. The third-order valence-electron chi connectivity index (χ3n) is 3.28. The standard InChI is InChI=1S/C17H19N5O/c1-11-4-5-15(20-10-11)22-16(23)6-7-19-17-14(9-18)12(2)8-13(3)21-17/h4-5,8,10H,6-7H2,1-3H3,(H,19,21)(H,20,22,23). The summed E-state index contributed by atoms with van der Waals surface area (Å²) >= 11 is 0. The summed E-state index contributed by atoms with van der Waals surface area (Å²) in [5.41, 5.74) is 3.25. The first kappa shape index (κ1) is 16.4. The van der Waals surface area contributed by atoms with Crippen LogP contribution in [-0.4, -0.2) is 22.4 Å². The summed E-state index contributed by atoms with van der Waals surface area (Å²) in [5, 5.41) is 15.0. The zero-order valence-electron chi connectivity index (χ0n) is 13.5. The Morgan fingerprint density at radius 3 is 2.74 bits per heavy atom. The number of aromatic nitrogens is 2. The van der Waals surface area contributed by atoms with Gasteiger partial charge < -0.3 is 10.6 Å². The highest BCUT2D eigenvalue weighted by atomic mass is 16.1. The van der Waals surface area contributed by atoms with Gasteiger partial charge in [-0.25, -0.2) is 9.97 Å². The highest BCUT2D eigenvalue weighted by Gasteiger charge is 2.09. The molecule has 0 spiro atoms. The molecular formula is C17H19N5O. The molecule has 0 unspecified atom stereocenters. The van der Waals surface area contributed by atoms with Gasteiger partial charge >= 0.3 is 0 Å². The van der Waals surface area contributed by atoms with Crippen molar-refractivity contribution in [1.29, 1.82) is 5.26 Å². The summed E-state index contributed by atoms with van der Waals surface area (Å²) in [6.45, 7) is 6.07. The molecule has 2 aromatic rings. The Kier molecular flexibility index (Phi) is 5.26. The molecule has 6 heteroatoms. The van der Waals surface area contributed by atoms with Gasteiger partial charge in [0, 0.05) is 24.9 Å². The molecule has 0 aliphatic rings. The zero-order chi connectivity index (χ0) is 16.8. The Labute approximate surface area is 135 Å². The lowest BCUT2D eigenvalue weighted by Gasteiger charge is -2.10. The summed E-state index contributed by atoms with van der Waals surface area (Å²) in [7, 11) is 0. The number of aryl methyl sites for hydroxylation is 3. The highest BCUT2D eigenvalue weighted by Crippen LogP contribution is 2.17. The molecule has 2 aromatic heterocycles. The molecule has 1 amide bonds. The van der Waals surface area contributed by atoms with Crippen molar-refractivity contribution >= 4 is 17.5 Å². The molecular weight excluding hydrogens is 290 g/mol. The van der Waals surface area contributed by atoms with Crippen molar-refractivity contribution in [2.75, 3.05) is 17.2 Å². The van der Waals surface area contributed by atoms with Crippen LogP contribution in [-0.2, 0) is 4.79 Å². The van der Waals surface area contributed by atoms with E-state index in [-0.39, 0.29) is 12.3 Å². The molecule has 0 saturated heterocycles. The number of hydrogen-bond acceptors (Lipinski definition) is 5. The average Bonchev–Trinajstić information content (AvgIpc) is 2.49. The van der Waals surface area contributed by atoms with E-state index < -0.39 is 0 Å². The van der Waals surface area contributed by atoms with Gasteiger partial charge in [0.1, 0.15) is 17.7 Å². The maximum Gasteiger partial charge on any atom is 0.227 e. The molecule has 0 aliphatic heterocycles. The van der Waals surface area contributed by atoms with E-state index in [1.165, 1.54) is 0 Å². The number of nitrogens with zero attached hydrogens (tertiary/aromatic N) is 3. The Bertz CT molecular complexity index is 747. The molecule has 118 valence electrons. The van der Waals surface area contributed by atoms with Gasteiger partial charge in [0.15, 0.2) is 0 Å². The van der Waals surface area contributed by atoms with Gasteiger partial charge in [0.05, 0.1) is 5.56 Å². The molecule has 0 aromatic carbocycles. The van der Waals surface area contributed by atoms with E-state index in [0.29, 0.717) is 23.7 Å². The maximum absolute atomic E-state index is 11.9. The van der Waals surface area contributed by atoms with Crippen LogP contribution in [0.1, 0.15) is 28.8 Å². The normalized spacial score (nSPS) is 10.0. The first-order valence-electron chi connectivity index (χ1n) is 7.34. The fourth-order valence-corrected chi connectivity index (χ4v) is 2.15. The number of nitrogens with one attached hydrogen (secondary N) is 2. The van der Waals surface area contributed by atoms with E-state index >= 15 is 0 Å². The van der Waals surface area contributed by atoms with E-state index in [2.05, 4.69) is 26.7 Å². The molecule has 6 nitrogen and oxygen atoms in total. The predicted octanol–water partition coefficient (Wildman–Crippen LogP) is 2.71. The molecule has 0 aliphatic carbocycles. The first-order valence-corrected chi connectivity index (χ1v) is 7.34. The van der Waals surface area contributed by atoms with E-state index in [1.54, 1.807) is 12.3 Å². The lowest BCUT2D eigenvalue weighted by molar-refractivity contribution is -0.116. The Balaban J connectivity index is 1.91. The van der Waals surface area contributed by atoms with Crippen LogP contribution in [0.2, 0.25) is 0 Å². The van der Waals surface area contributed by atoms with Crippen molar-refractivity contribution in [3.63, 3.8) is 0 Å². The van der Waals surface area contributed by atoms with Gasteiger partial charge in [-0.2, -0.15) is 5.26 Å². The average molecular weight is 309 g/mol. The van der Waals surface area contributed by atoms with Crippen molar-refractivity contribution < 1.29 is 4.79 Å². The molecule has 2 heterocycles. The minimum Gasteiger partial charge on any atom is -0.368 e. The van der Waals surface area contributed by atoms with Crippen LogP contribution in [0.15, 0.2) is 24.4 Å². The number of carbonyl (C=O) groups is 1. The highest BCUT2D eigenvalue weighted by molar-refractivity contribution is 5.90. The number of pyridine rings is 2. The number of carbonyl (C=O) groups excluding carboxylic acids is 1. The van der Waals surface area contributed by atoms with Crippen LogP contribution in [0.4, 0.5) is 11.6 Å². The van der Waals surface area contributed by atoms with Crippen molar-refractivity contribution in [3.8, 4) is 6.07 Å². The molecule has 0 bridgehead atoms. The molecule has 2 N–H and O–H groups in total. The molecule has 0 radical (unpaired) electrons. The Hall–Kier alpha value is -2.94. The minimum atomic E-state index is -0.142. The van der Waals surface area contributed by atoms with Crippen LogP contribution in [0.3, 0.4) is 0 Å². The smallest absolute Gasteiger partial charge is 0.227 e. The SMILES string of the molecule is Cc1ccc(NC(=O)CCNc2nc(C)cc(C)c2C#N)nc1. The number of anilines is 2. The van der Waals surface area contributed by atoms with Crippen molar-refractivity contribution in [3.05, 3.63) is 46.8 Å². The number of nitriles is 1. The van der Waals surface area contributed by atoms with Gasteiger partial charge in [-0.05, 0) is 44.0 Å². The number of hydrogen-bond donors (Lipinski definition) is 2. The van der Waals surface area contributed by atoms with Crippen molar-refractivity contribution in [1.82, 2.24) is 9.97 Å². The summed E-state index contributed by atoms with van der Waals surface area (Å²) in [5.74, 6) is 0.908. The zero-order valence-corrected chi connectivity index (χ0v) is 13.5. The monoisotopic (exact) mass is 309 g/mol. The van der Waals surface area contributed by atoms with Crippen LogP contribution < -0.4 is 10.6 Å². The van der Waals surface area contributed by atoms with Crippen LogP contribution in [0.5, 0.6) is 0 Å².